The Morgan fingerprint density at radius 3 is 2.18 bits per heavy atom. The van der Waals surface area contributed by atoms with E-state index >= 15 is 0 Å². The summed E-state index contributed by atoms with van der Waals surface area (Å²) in [5.41, 5.74) is 1.42. The van der Waals surface area contributed by atoms with Gasteiger partial charge in [-0.25, -0.2) is 9.59 Å². The molecule has 1 fully saturated rings. The van der Waals surface area contributed by atoms with Gasteiger partial charge in [0.25, 0.3) is 0 Å². The van der Waals surface area contributed by atoms with E-state index in [0.717, 1.165) is 24.2 Å². The molecule has 11 heteroatoms. The monoisotopic (exact) mass is 538 g/mol. The molecular formula is C27H30N4O6S. The Kier molecular flexibility index (Phi) is 9.01. The molecule has 0 radical (unpaired) electrons. The van der Waals surface area contributed by atoms with Gasteiger partial charge in [-0.05, 0) is 75.1 Å². The molecule has 3 aromatic rings. The second-order valence-electron chi connectivity index (χ2n) is 8.72. The number of methoxy groups -OCH3 is 2. The highest BCUT2D eigenvalue weighted by atomic mass is 32.2. The van der Waals surface area contributed by atoms with Crippen molar-refractivity contribution in [3.05, 3.63) is 53.6 Å². The molecule has 1 amide bonds. The largest absolute Gasteiger partial charge is 0.490 e. The summed E-state index contributed by atoms with van der Waals surface area (Å²) >= 11 is 1.24. The van der Waals surface area contributed by atoms with Crippen LogP contribution in [0.3, 0.4) is 0 Å². The van der Waals surface area contributed by atoms with Crippen molar-refractivity contribution in [1.82, 2.24) is 14.8 Å². The van der Waals surface area contributed by atoms with Crippen molar-refractivity contribution in [3.63, 3.8) is 0 Å². The van der Waals surface area contributed by atoms with Gasteiger partial charge in [-0.15, -0.1) is 10.2 Å². The van der Waals surface area contributed by atoms with Gasteiger partial charge in [0.05, 0.1) is 37.2 Å². The number of anilines is 1. The highest BCUT2D eigenvalue weighted by Crippen LogP contribution is 2.28. The first-order chi connectivity index (χ1) is 18.4. The lowest BCUT2D eigenvalue weighted by molar-refractivity contribution is -0.113. The molecule has 1 N–H and O–H groups in total. The Morgan fingerprint density at radius 1 is 0.974 bits per heavy atom. The first-order valence-electron chi connectivity index (χ1n) is 12.4. The van der Waals surface area contributed by atoms with E-state index in [2.05, 4.69) is 15.5 Å². The van der Waals surface area contributed by atoms with E-state index < -0.39 is 11.9 Å². The van der Waals surface area contributed by atoms with Crippen LogP contribution in [0.1, 0.15) is 53.3 Å². The van der Waals surface area contributed by atoms with Gasteiger partial charge in [0, 0.05) is 17.8 Å². The number of nitrogens with zero attached hydrogens (tertiary/aromatic N) is 3. The molecule has 200 valence electrons. The standard InChI is InChI=1S/C27H30N4O6S/c1-4-31-24(17-9-11-22(12-10-17)37-21-7-5-6-8-21)29-30-27(31)38-16-23(32)28-20-14-18(25(33)35-2)13-19(15-20)26(34)36-3/h9-15,21H,4-8,16H2,1-3H3,(H,28,32). The molecular weight excluding hydrogens is 508 g/mol. The topological polar surface area (TPSA) is 122 Å². The molecule has 0 unspecified atom stereocenters. The van der Waals surface area contributed by atoms with Gasteiger partial charge >= 0.3 is 11.9 Å². The Balaban J connectivity index is 1.42. The van der Waals surface area contributed by atoms with Crippen molar-refractivity contribution in [2.24, 2.45) is 0 Å². The van der Waals surface area contributed by atoms with Gasteiger partial charge in [-0.3, -0.25) is 4.79 Å². The zero-order valence-corrected chi connectivity index (χ0v) is 22.4. The van der Waals surface area contributed by atoms with Crippen molar-refractivity contribution in [2.75, 3.05) is 25.3 Å². The number of ether oxygens (including phenoxy) is 3. The van der Waals surface area contributed by atoms with Crippen LogP contribution < -0.4 is 10.1 Å². The molecule has 1 heterocycles. The molecule has 1 aliphatic rings. The number of hydrogen-bond acceptors (Lipinski definition) is 9. The van der Waals surface area contributed by atoms with E-state index in [4.69, 9.17) is 14.2 Å². The zero-order chi connectivity index (χ0) is 27.1. The quantitative estimate of drug-likeness (QED) is 0.292. The van der Waals surface area contributed by atoms with E-state index in [1.54, 1.807) is 0 Å². The Morgan fingerprint density at radius 2 is 1.61 bits per heavy atom. The molecule has 4 rings (SSSR count). The highest BCUT2D eigenvalue weighted by molar-refractivity contribution is 7.99. The second kappa shape index (κ2) is 12.6. The van der Waals surface area contributed by atoms with Crippen molar-refractivity contribution < 1.29 is 28.6 Å². The Labute approximate surface area is 225 Å². The first kappa shape index (κ1) is 27.2. The van der Waals surface area contributed by atoms with Crippen LogP contribution >= 0.6 is 11.8 Å². The Bertz CT molecular complexity index is 1270. The molecule has 1 aromatic heterocycles. The molecule has 10 nitrogen and oxygen atoms in total. The lowest BCUT2D eigenvalue weighted by Gasteiger charge is -2.13. The molecule has 38 heavy (non-hydrogen) atoms. The average molecular weight is 539 g/mol. The van der Waals surface area contributed by atoms with Gasteiger partial charge in [-0.1, -0.05) is 11.8 Å². The number of aromatic nitrogens is 3. The number of carbonyl (C=O) groups is 3. The summed E-state index contributed by atoms with van der Waals surface area (Å²) in [6.07, 6.45) is 4.93. The number of rotatable bonds is 10. The van der Waals surface area contributed by atoms with E-state index in [1.165, 1.54) is 57.0 Å². The summed E-state index contributed by atoms with van der Waals surface area (Å²) in [6, 6.07) is 12.1. The van der Waals surface area contributed by atoms with E-state index in [0.29, 0.717) is 23.6 Å². The number of amides is 1. The predicted molar refractivity (Wildman–Crippen MR) is 142 cm³/mol. The molecule has 1 aliphatic carbocycles. The van der Waals surface area contributed by atoms with Gasteiger partial charge in [0.1, 0.15) is 5.75 Å². The molecule has 1 saturated carbocycles. The van der Waals surface area contributed by atoms with E-state index in [9.17, 15) is 14.4 Å². The van der Waals surface area contributed by atoms with E-state index in [-0.39, 0.29) is 28.5 Å². The van der Waals surface area contributed by atoms with Crippen molar-refractivity contribution in [3.8, 4) is 17.1 Å². The maximum absolute atomic E-state index is 12.7. The normalized spacial score (nSPS) is 13.2. The lowest BCUT2D eigenvalue weighted by atomic mass is 10.1. The van der Waals surface area contributed by atoms with E-state index in [1.807, 2.05) is 35.8 Å². The van der Waals surface area contributed by atoms with Crippen molar-refractivity contribution >= 4 is 35.3 Å². The predicted octanol–water partition coefficient (Wildman–Crippen LogP) is 4.59. The third kappa shape index (κ3) is 6.52. The van der Waals surface area contributed by atoms with Gasteiger partial charge in [-0.2, -0.15) is 0 Å². The van der Waals surface area contributed by atoms with Crippen molar-refractivity contribution in [1.29, 1.82) is 0 Å². The van der Waals surface area contributed by atoms with Crippen LogP contribution in [0.25, 0.3) is 11.4 Å². The summed E-state index contributed by atoms with van der Waals surface area (Å²) in [5.74, 6) is -0.0157. The molecule has 0 spiro atoms. The van der Waals surface area contributed by atoms with Crippen LogP contribution in [-0.2, 0) is 20.8 Å². The summed E-state index contributed by atoms with van der Waals surface area (Å²) in [7, 11) is 2.47. The van der Waals surface area contributed by atoms with Crippen molar-refractivity contribution in [2.45, 2.75) is 50.4 Å². The fourth-order valence-electron chi connectivity index (χ4n) is 4.27. The molecule has 0 aliphatic heterocycles. The van der Waals surface area contributed by atoms with Crippen LogP contribution in [0, 0.1) is 0 Å². The third-order valence-corrected chi connectivity index (χ3v) is 7.11. The van der Waals surface area contributed by atoms with Crippen LogP contribution in [0.4, 0.5) is 5.69 Å². The minimum absolute atomic E-state index is 0.0440. The number of benzene rings is 2. The second-order valence-corrected chi connectivity index (χ2v) is 9.66. The maximum Gasteiger partial charge on any atom is 0.337 e. The molecule has 0 atom stereocenters. The molecule has 2 aromatic carbocycles. The SMILES string of the molecule is CCn1c(SCC(=O)Nc2cc(C(=O)OC)cc(C(=O)OC)c2)nnc1-c1ccc(OC2CCCC2)cc1. The zero-order valence-electron chi connectivity index (χ0n) is 21.6. The van der Waals surface area contributed by atoms with Crippen LogP contribution in [-0.4, -0.2) is 58.7 Å². The smallest absolute Gasteiger partial charge is 0.337 e. The fraction of sp³-hybridized carbons (Fsp3) is 0.370. The van der Waals surface area contributed by atoms with Gasteiger partial charge in [0.2, 0.25) is 5.91 Å². The number of hydrogen-bond donors (Lipinski definition) is 1. The molecule has 0 saturated heterocycles. The fourth-order valence-corrected chi connectivity index (χ4v) is 5.08. The van der Waals surface area contributed by atoms with Crippen LogP contribution in [0.5, 0.6) is 5.75 Å². The molecule has 0 bridgehead atoms. The first-order valence-corrected chi connectivity index (χ1v) is 13.3. The third-order valence-electron chi connectivity index (χ3n) is 6.14. The van der Waals surface area contributed by atoms with Gasteiger partial charge < -0.3 is 24.1 Å². The minimum atomic E-state index is -0.637. The van der Waals surface area contributed by atoms with Crippen LogP contribution in [0.15, 0.2) is 47.6 Å². The summed E-state index contributed by atoms with van der Waals surface area (Å²) in [6.45, 7) is 2.61. The minimum Gasteiger partial charge on any atom is -0.490 e. The summed E-state index contributed by atoms with van der Waals surface area (Å²) < 4.78 is 17.5. The number of esters is 2. The number of nitrogens with one attached hydrogen (secondary N) is 1. The average Bonchev–Trinajstić information content (AvgIpc) is 3.60. The number of thioether (sulfide) groups is 1. The van der Waals surface area contributed by atoms with Crippen LogP contribution in [0.2, 0.25) is 0 Å². The lowest BCUT2D eigenvalue weighted by Crippen LogP contribution is -2.16. The Hall–Kier alpha value is -3.86. The van der Waals surface area contributed by atoms with Gasteiger partial charge in [0.15, 0.2) is 11.0 Å². The highest BCUT2D eigenvalue weighted by Gasteiger charge is 2.19. The maximum atomic E-state index is 12.7. The summed E-state index contributed by atoms with van der Waals surface area (Å²) in [5, 5.41) is 12.0. The number of carbonyl (C=O) groups excluding carboxylic acids is 3. The summed E-state index contributed by atoms with van der Waals surface area (Å²) in [4.78, 5) is 36.7.